The van der Waals surface area contributed by atoms with Crippen molar-refractivity contribution in [2.45, 2.75) is 20.0 Å². The molecular weight excluding hydrogens is 454 g/mol. The minimum atomic E-state index is -0.477. The second-order valence-corrected chi connectivity index (χ2v) is 9.19. The molecule has 2 heterocycles. The fourth-order valence-corrected chi connectivity index (χ4v) is 4.46. The summed E-state index contributed by atoms with van der Waals surface area (Å²) >= 11 is 0.829. The Balaban J connectivity index is 1.34. The zero-order chi connectivity index (χ0) is 24.1. The molecule has 2 saturated heterocycles. The quantitative estimate of drug-likeness (QED) is 0.599. The third-order valence-corrected chi connectivity index (χ3v) is 6.16. The van der Waals surface area contributed by atoms with E-state index in [9.17, 15) is 14.4 Å². The van der Waals surface area contributed by atoms with Crippen molar-refractivity contribution in [2.24, 2.45) is 0 Å². The summed E-state index contributed by atoms with van der Waals surface area (Å²) in [5.41, 5.74) is 2.43. The van der Waals surface area contributed by atoms with Crippen LogP contribution in [0.2, 0.25) is 0 Å². The summed E-state index contributed by atoms with van der Waals surface area (Å²) in [6.45, 7) is 6.60. The molecule has 0 unspecified atom stereocenters. The number of carbonyl (C=O) groups is 3. The van der Waals surface area contributed by atoms with Gasteiger partial charge in [-0.05, 0) is 73.6 Å². The molecule has 2 aliphatic heterocycles. The number of morpholine rings is 1. The molecule has 0 radical (unpaired) electrons. The molecule has 34 heavy (non-hydrogen) atoms. The van der Waals surface area contributed by atoms with E-state index in [1.807, 2.05) is 62.4 Å². The highest BCUT2D eigenvalue weighted by molar-refractivity contribution is 8.18. The van der Waals surface area contributed by atoms with Crippen molar-refractivity contribution in [3.05, 3.63) is 59.0 Å². The number of carbonyl (C=O) groups excluding carboxylic acids is 3. The van der Waals surface area contributed by atoms with Gasteiger partial charge < -0.3 is 19.7 Å². The third-order valence-electron chi connectivity index (χ3n) is 5.25. The number of anilines is 2. The van der Waals surface area contributed by atoms with Gasteiger partial charge in [-0.2, -0.15) is 0 Å². The fourth-order valence-electron chi connectivity index (χ4n) is 3.62. The molecule has 8 nitrogen and oxygen atoms in total. The van der Waals surface area contributed by atoms with Crippen LogP contribution in [0.15, 0.2) is 53.4 Å². The SMILES string of the molecule is CC(C)Oc1ccc(/C=C2\SC(=O)N(CC(=O)Nc3ccc(N4CCOCC4)cc3)C2=O)cc1. The lowest BCUT2D eigenvalue weighted by molar-refractivity contribution is -0.127. The van der Waals surface area contributed by atoms with Crippen LogP contribution < -0.4 is 15.0 Å². The number of thioether (sulfide) groups is 1. The molecule has 0 bridgehead atoms. The second kappa shape index (κ2) is 10.8. The molecule has 2 aliphatic rings. The average Bonchev–Trinajstić information content (AvgIpc) is 3.08. The molecule has 0 saturated carbocycles. The Hall–Kier alpha value is -3.30. The first-order valence-electron chi connectivity index (χ1n) is 11.1. The van der Waals surface area contributed by atoms with Crippen molar-refractivity contribution in [3.63, 3.8) is 0 Å². The zero-order valence-electron chi connectivity index (χ0n) is 19.2. The van der Waals surface area contributed by atoms with Crippen LogP contribution in [-0.4, -0.2) is 60.9 Å². The maximum absolute atomic E-state index is 12.7. The summed E-state index contributed by atoms with van der Waals surface area (Å²) in [5.74, 6) is -0.178. The van der Waals surface area contributed by atoms with Crippen LogP contribution >= 0.6 is 11.8 Å². The van der Waals surface area contributed by atoms with E-state index in [0.29, 0.717) is 18.9 Å². The first-order valence-corrected chi connectivity index (χ1v) is 12.0. The van der Waals surface area contributed by atoms with Gasteiger partial charge in [0.2, 0.25) is 5.91 Å². The van der Waals surface area contributed by atoms with Crippen LogP contribution in [-0.2, 0) is 14.3 Å². The highest BCUT2D eigenvalue weighted by atomic mass is 32.2. The number of benzene rings is 2. The Kier molecular flexibility index (Phi) is 7.54. The van der Waals surface area contributed by atoms with Gasteiger partial charge >= 0.3 is 0 Å². The van der Waals surface area contributed by atoms with Gasteiger partial charge in [-0.25, -0.2) is 0 Å². The van der Waals surface area contributed by atoms with Gasteiger partial charge in [0.05, 0.1) is 24.2 Å². The van der Waals surface area contributed by atoms with E-state index in [1.165, 1.54) is 0 Å². The van der Waals surface area contributed by atoms with Gasteiger partial charge in [0, 0.05) is 24.5 Å². The van der Waals surface area contributed by atoms with Crippen LogP contribution in [0.25, 0.3) is 6.08 Å². The van der Waals surface area contributed by atoms with E-state index >= 15 is 0 Å². The van der Waals surface area contributed by atoms with Crippen LogP contribution in [0.5, 0.6) is 5.75 Å². The van der Waals surface area contributed by atoms with Crippen molar-refractivity contribution < 1.29 is 23.9 Å². The molecule has 0 spiro atoms. The monoisotopic (exact) mass is 481 g/mol. The second-order valence-electron chi connectivity index (χ2n) is 8.20. The number of hydrogen-bond acceptors (Lipinski definition) is 7. The molecule has 2 fully saturated rings. The first kappa shape index (κ1) is 23.8. The zero-order valence-corrected chi connectivity index (χ0v) is 20.0. The van der Waals surface area contributed by atoms with E-state index in [4.69, 9.17) is 9.47 Å². The smallest absolute Gasteiger partial charge is 0.294 e. The summed E-state index contributed by atoms with van der Waals surface area (Å²) in [4.78, 5) is 41.1. The number of amides is 3. The predicted octanol–water partition coefficient (Wildman–Crippen LogP) is 3.99. The fraction of sp³-hybridized carbons (Fsp3) is 0.320. The lowest BCUT2D eigenvalue weighted by Gasteiger charge is -2.28. The van der Waals surface area contributed by atoms with Crippen molar-refractivity contribution in [3.8, 4) is 5.75 Å². The standard InChI is InChI=1S/C25H27N3O5S/c1-17(2)33-21-9-3-18(4-10-21)15-22-24(30)28(25(31)34-22)16-23(29)26-19-5-7-20(8-6-19)27-11-13-32-14-12-27/h3-10,15,17H,11-14,16H2,1-2H3,(H,26,29)/b22-15-. The van der Waals surface area contributed by atoms with E-state index in [2.05, 4.69) is 10.2 Å². The molecule has 2 aromatic carbocycles. The molecule has 1 N–H and O–H groups in total. The van der Waals surface area contributed by atoms with Crippen molar-refractivity contribution in [1.82, 2.24) is 4.90 Å². The Labute approximate surface area is 202 Å². The van der Waals surface area contributed by atoms with Crippen LogP contribution in [0.4, 0.5) is 16.2 Å². The van der Waals surface area contributed by atoms with Gasteiger partial charge in [0.25, 0.3) is 11.1 Å². The number of rotatable bonds is 7. The lowest BCUT2D eigenvalue weighted by Crippen LogP contribution is -2.36. The molecule has 0 aromatic heterocycles. The topological polar surface area (TPSA) is 88.2 Å². The summed E-state index contributed by atoms with van der Waals surface area (Å²) < 4.78 is 11.0. The Morgan fingerprint density at radius 3 is 2.41 bits per heavy atom. The van der Waals surface area contributed by atoms with Gasteiger partial charge in [-0.15, -0.1) is 0 Å². The Morgan fingerprint density at radius 1 is 1.09 bits per heavy atom. The van der Waals surface area contributed by atoms with Gasteiger partial charge in [-0.3, -0.25) is 19.3 Å². The first-order chi connectivity index (χ1) is 16.4. The summed E-state index contributed by atoms with van der Waals surface area (Å²) in [6, 6.07) is 14.7. The maximum atomic E-state index is 12.7. The largest absolute Gasteiger partial charge is 0.491 e. The predicted molar refractivity (Wildman–Crippen MR) is 133 cm³/mol. The number of nitrogens with one attached hydrogen (secondary N) is 1. The summed E-state index contributed by atoms with van der Waals surface area (Å²) in [5, 5.41) is 2.29. The van der Waals surface area contributed by atoms with Crippen LogP contribution in [0.1, 0.15) is 19.4 Å². The minimum Gasteiger partial charge on any atom is -0.491 e. The molecule has 0 aliphatic carbocycles. The van der Waals surface area contributed by atoms with Crippen LogP contribution in [0, 0.1) is 0 Å². The van der Waals surface area contributed by atoms with Crippen molar-refractivity contribution in [1.29, 1.82) is 0 Å². The summed E-state index contributed by atoms with van der Waals surface area (Å²) in [7, 11) is 0. The van der Waals surface area contributed by atoms with E-state index in [1.54, 1.807) is 6.08 Å². The van der Waals surface area contributed by atoms with Crippen molar-refractivity contribution in [2.75, 3.05) is 43.1 Å². The van der Waals surface area contributed by atoms with E-state index in [0.717, 1.165) is 46.8 Å². The molecule has 2 aromatic rings. The molecule has 9 heteroatoms. The minimum absolute atomic E-state index is 0.0659. The van der Waals surface area contributed by atoms with Gasteiger partial charge in [0.15, 0.2) is 0 Å². The van der Waals surface area contributed by atoms with E-state index < -0.39 is 17.1 Å². The highest BCUT2D eigenvalue weighted by Gasteiger charge is 2.36. The highest BCUT2D eigenvalue weighted by Crippen LogP contribution is 2.32. The summed E-state index contributed by atoms with van der Waals surface area (Å²) in [6.07, 6.45) is 1.71. The number of hydrogen-bond donors (Lipinski definition) is 1. The molecular formula is C25H27N3O5S. The molecule has 4 rings (SSSR count). The Bertz CT molecular complexity index is 1080. The maximum Gasteiger partial charge on any atom is 0.294 e. The Morgan fingerprint density at radius 2 is 1.76 bits per heavy atom. The number of nitrogens with zero attached hydrogens (tertiary/aromatic N) is 2. The average molecular weight is 482 g/mol. The van der Waals surface area contributed by atoms with Crippen LogP contribution in [0.3, 0.4) is 0 Å². The van der Waals surface area contributed by atoms with Gasteiger partial charge in [-0.1, -0.05) is 12.1 Å². The third kappa shape index (κ3) is 5.98. The number of ether oxygens (including phenoxy) is 2. The molecule has 178 valence electrons. The lowest BCUT2D eigenvalue weighted by atomic mass is 10.2. The van der Waals surface area contributed by atoms with E-state index in [-0.39, 0.29) is 17.6 Å². The normalized spacial score (nSPS) is 17.6. The molecule has 0 atom stereocenters. The number of imide groups is 1. The van der Waals surface area contributed by atoms with Gasteiger partial charge in [0.1, 0.15) is 12.3 Å². The molecule has 3 amide bonds. The van der Waals surface area contributed by atoms with Crippen molar-refractivity contribution >= 4 is 46.3 Å².